The summed E-state index contributed by atoms with van der Waals surface area (Å²) in [5.74, 6) is -1.04. The van der Waals surface area contributed by atoms with Crippen LogP contribution >= 0.6 is 0 Å². The molecule has 0 aliphatic heterocycles. The Morgan fingerprint density at radius 1 is 1.28 bits per heavy atom. The van der Waals surface area contributed by atoms with E-state index in [-0.39, 0.29) is 12.3 Å². The van der Waals surface area contributed by atoms with Crippen LogP contribution in [0.2, 0.25) is 0 Å². The Kier molecular flexibility index (Phi) is 4.41. The van der Waals surface area contributed by atoms with Crippen molar-refractivity contribution >= 4 is 22.8 Å². The number of carbonyl (C=O) groups is 2. The first-order chi connectivity index (χ1) is 12.0. The van der Waals surface area contributed by atoms with E-state index in [1.807, 2.05) is 25.1 Å². The zero-order valence-electron chi connectivity index (χ0n) is 14.9. The Morgan fingerprint density at radius 2 is 1.92 bits per heavy atom. The maximum absolute atomic E-state index is 12.6. The molecule has 0 N–H and O–H groups in total. The number of para-hydroxylation sites is 1. The number of aromatic nitrogens is 1. The lowest BCUT2D eigenvalue weighted by molar-refractivity contribution is -0.170. The highest BCUT2D eigenvalue weighted by atomic mass is 16.5. The SMILES string of the molecule is C=CCn1c2c(c3ccccc31)C(C)CC(C(=O)OC)(C(=O)OC)C2. The largest absolute Gasteiger partial charge is 0.468 e. The number of nitrogens with zero attached hydrogens (tertiary/aromatic N) is 1. The first-order valence-corrected chi connectivity index (χ1v) is 8.38. The van der Waals surface area contributed by atoms with Gasteiger partial charge in [-0.05, 0) is 24.0 Å². The molecule has 0 fully saturated rings. The van der Waals surface area contributed by atoms with Crippen LogP contribution in [0, 0.1) is 5.41 Å². The molecule has 1 atom stereocenters. The highest BCUT2D eigenvalue weighted by Gasteiger charge is 2.53. The maximum Gasteiger partial charge on any atom is 0.323 e. The van der Waals surface area contributed by atoms with Crippen molar-refractivity contribution in [3.8, 4) is 0 Å². The molecule has 5 heteroatoms. The molecule has 1 aliphatic rings. The number of esters is 2. The number of hydrogen-bond acceptors (Lipinski definition) is 4. The van der Waals surface area contributed by atoms with Crippen molar-refractivity contribution in [2.75, 3.05) is 14.2 Å². The Morgan fingerprint density at radius 3 is 2.52 bits per heavy atom. The number of allylic oxidation sites excluding steroid dienone is 1. The van der Waals surface area contributed by atoms with Crippen LogP contribution in [0.1, 0.15) is 30.5 Å². The number of ether oxygens (including phenoxy) is 2. The third-order valence-electron chi connectivity index (χ3n) is 5.20. The Hall–Kier alpha value is -2.56. The first kappa shape index (κ1) is 17.3. The Bertz CT molecular complexity index is 833. The van der Waals surface area contributed by atoms with E-state index in [4.69, 9.17) is 9.47 Å². The van der Waals surface area contributed by atoms with E-state index in [0.29, 0.717) is 13.0 Å². The summed E-state index contributed by atoms with van der Waals surface area (Å²) in [6.45, 7) is 6.50. The minimum atomic E-state index is -1.30. The van der Waals surface area contributed by atoms with Crippen molar-refractivity contribution < 1.29 is 19.1 Å². The summed E-state index contributed by atoms with van der Waals surface area (Å²) in [7, 11) is 2.62. The minimum Gasteiger partial charge on any atom is -0.468 e. The lowest BCUT2D eigenvalue weighted by atomic mass is 9.69. The molecule has 0 saturated carbocycles. The second-order valence-corrected chi connectivity index (χ2v) is 6.62. The zero-order valence-corrected chi connectivity index (χ0v) is 14.9. The van der Waals surface area contributed by atoms with Crippen molar-refractivity contribution in [3.63, 3.8) is 0 Å². The van der Waals surface area contributed by atoms with E-state index in [9.17, 15) is 9.59 Å². The van der Waals surface area contributed by atoms with E-state index in [1.165, 1.54) is 19.8 Å². The number of carbonyl (C=O) groups excluding carboxylic acids is 2. The molecule has 1 aromatic carbocycles. The fraction of sp³-hybridized carbons (Fsp3) is 0.400. The third-order valence-corrected chi connectivity index (χ3v) is 5.20. The average Bonchev–Trinajstić information content (AvgIpc) is 2.94. The normalized spacial score (nSPS) is 18.4. The van der Waals surface area contributed by atoms with Crippen LogP contribution in [0.3, 0.4) is 0 Å². The van der Waals surface area contributed by atoms with Gasteiger partial charge in [-0.3, -0.25) is 9.59 Å². The van der Waals surface area contributed by atoms with E-state index >= 15 is 0 Å². The molecule has 5 nitrogen and oxygen atoms in total. The molecule has 1 aliphatic carbocycles. The van der Waals surface area contributed by atoms with Gasteiger partial charge in [-0.2, -0.15) is 0 Å². The molecule has 1 heterocycles. The highest BCUT2D eigenvalue weighted by molar-refractivity contribution is 6.01. The van der Waals surface area contributed by atoms with Crippen molar-refractivity contribution in [1.29, 1.82) is 0 Å². The Labute approximate surface area is 147 Å². The predicted octanol–water partition coefficient (Wildman–Crippen LogP) is 3.21. The smallest absolute Gasteiger partial charge is 0.323 e. The molecule has 1 unspecified atom stereocenters. The van der Waals surface area contributed by atoms with E-state index in [2.05, 4.69) is 23.3 Å². The standard InChI is InChI=1S/C20H23NO4/c1-5-10-21-15-9-7-6-8-14(15)17-13(2)11-20(12-16(17)21,18(22)24-3)19(23)25-4/h5-9,13H,1,10-12H2,2-4H3. The number of methoxy groups -OCH3 is 2. The Balaban J connectivity index is 2.27. The van der Waals surface area contributed by atoms with Crippen molar-refractivity contribution in [2.45, 2.75) is 32.2 Å². The van der Waals surface area contributed by atoms with Gasteiger partial charge < -0.3 is 14.0 Å². The summed E-state index contributed by atoms with van der Waals surface area (Å²) >= 11 is 0. The third kappa shape index (κ3) is 2.46. The van der Waals surface area contributed by atoms with E-state index in [1.54, 1.807) is 0 Å². The number of benzene rings is 1. The van der Waals surface area contributed by atoms with Crippen LogP contribution in [0.5, 0.6) is 0 Å². The van der Waals surface area contributed by atoms with Crippen molar-refractivity contribution in [3.05, 3.63) is 48.2 Å². The summed E-state index contributed by atoms with van der Waals surface area (Å²) in [5.41, 5.74) is 1.96. The van der Waals surface area contributed by atoms with Crippen molar-refractivity contribution in [2.24, 2.45) is 5.41 Å². The van der Waals surface area contributed by atoms with Gasteiger partial charge in [0.2, 0.25) is 0 Å². The quantitative estimate of drug-likeness (QED) is 0.487. The number of rotatable bonds is 4. The second kappa shape index (κ2) is 6.39. The van der Waals surface area contributed by atoms with Gasteiger partial charge in [-0.1, -0.05) is 31.2 Å². The molecular weight excluding hydrogens is 318 g/mol. The van der Waals surface area contributed by atoms with Crippen LogP contribution in [0.25, 0.3) is 10.9 Å². The van der Waals surface area contributed by atoms with Crippen LogP contribution in [0.15, 0.2) is 36.9 Å². The van der Waals surface area contributed by atoms with Gasteiger partial charge in [0, 0.05) is 29.6 Å². The van der Waals surface area contributed by atoms with Gasteiger partial charge in [0.25, 0.3) is 0 Å². The fourth-order valence-electron chi connectivity index (χ4n) is 4.23. The summed E-state index contributed by atoms with van der Waals surface area (Å²) in [6, 6.07) is 8.15. The van der Waals surface area contributed by atoms with Crippen LogP contribution in [-0.2, 0) is 32.0 Å². The summed E-state index contributed by atoms with van der Waals surface area (Å²) in [4.78, 5) is 25.2. The van der Waals surface area contributed by atoms with Crippen molar-refractivity contribution in [1.82, 2.24) is 4.57 Å². The van der Waals surface area contributed by atoms with Gasteiger partial charge in [0.15, 0.2) is 5.41 Å². The predicted molar refractivity (Wildman–Crippen MR) is 95.3 cm³/mol. The molecule has 0 spiro atoms. The molecule has 0 saturated heterocycles. The maximum atomic E-state index is 12.6. The average molecular weight is 341 g/mol. The molecule has 132 valence electrons. The van der Waals surface area contributed by atoms with E-state index < -0.39 is 17.4 Å². The molecule has 0 radical (unpaired) electrons. The number of fused-ring (bicyclic) bond motifs is 3. The lowest BCUT2D eigenvalue weighted by Gasteiger charge is -2.35. The van der Waals surface area contributed by atoms with Gasteiger partial charge in [-0.15, -0.1) is 6.58 Å². The van der Waals surface area contributed by atoms with Crippen LogP contribution in [0.4, 0.5) is 0 Å². The van der Waals surface area contributed by atoms with E-state index in [0.717, 1.165) is 16.6 Å². The molecule has 2 aromatic rings. The summed E-state index contributed by atoms with van der Waals surface area (Å²) < 4.78 is 12.1. The molecule has 25 heavy (non-hydrogen) atoms. The van der Waals surface area contributed by atoms with Gasteiger partial charge in [-0.25, -0.2) is 0 Å². The summed E-state index contributed by atoms with van der Waals surface area (Å²) in [6.07, 6.45) is 2.47. The monoisotopic (exact) mass is 341 g/mol. The molecule has 1 aromatic heterocycles. The molecule has 0 bridgehead atoms. The first-order valence-electron chi connectivity index (χ1n) is 8.38. The fourth-order valence-corrected chi connectivity index (χ4v) is 4.23. The lowest BCUT2D eigenvalue weighted by Crippen LogP contribution is -2.46. The van der Waals surface area contributed by atoms with Gasteiger partial charge in [0.1, 0.15) is 0 Å². The minimum absolute atomic E-state index is 0.0258. The topological polar surface area (TPSA) is 57.5 Å². The molecule has 3 rings (SSSR count). The summed E-state index contributed by atoms with van der Waals surface area (Å²) in [5, 5.41) is 1.16. The molecular formula is C20H23NO4. The van der Waals surface area contributed by atoms with Gasteiger partial charge >= 0.3 is 11.9 Å². The zero-order chi connectivity index (χ0) is 18.2. The molecule has 0 amide bonds. The number of hydrogen-bond donors (Lipinski definition) is 0. The van der Waals surface area contributed by atoms with Gasteiger partial charge in [0.05, 0.1) is 14.2 Å². The van der Waals surface area contributed by atoms with Crippen LogP contribution < -0.4 is 0 Å². The van der Waals surface area contributed by atoms with Crippen LogP contribution in [-0.4, -0.2) is 30.7 Å². The second-order valence-electron chi connectivity index (χ2n) is 6.62. The highest BCUT2D eigenvalue weighted by Crippen LogP contribution is 2.47.